The number of rotatable bonds is 1. The summed E-state index contributed by atoms with van der Waals surface area (Å²) >= 11 is 3.60. The topological polar surface area (TPSA) is 9.23 Å². The Morgan fingerprint density at radius 1 is 0.812 bits per heavy atom. The van der Waals surface area contributed by atoms with E-state index in [0.717, 1.165) is 5.75 Å². The number of benzene rings is 2. The van der Waals surface area contributed by atoms with Gasteiger partial charge in [-0.15, -0.1) is 0 Å². The molecule has 1 nitrogen and oxygen atoms in total. The van der Waals surface area contributed by atoms with Crippen LogP contribution < -0.4 is 4.74 Å². The Morgan fingerprint density at radius 2 is 1.50 bits per heavy atom. The first-order valence-electron chi connectivity index (χ1n) is 5.00. The number of ether oxygens (including phenoxy) is 1. The number of fused-ring (bicyclic) bond motifs is 2. The molecule has 3 rings (SSSR count). The molecule has 0 atom stereocenters. The average Bonchev–Trinajstić information content (AvgIpc) is 2.35. The molecule has 0 bridgehead atoms. The first-order valence-corrected chi connectivity index (χ1v) is 6.63. The molecule has 1 aliphatic heterocycles. The Morgan fingerprint density at radius 3 is 2.25 bits per heavy atom. The lowest BCUT2D eigenvalue weighted by atomic mass is 10.3. The van der Waals surface area contributed by atoms with E-state index in [-0.39, 0.29) is 0 Å². The number of methoxy groups -OCH3 is 1. The van der Waals surface area contributed by atoms with Gasteiger partial charge in [0, 0.05) is 14.7 Å². The number of hydrogen-bond donors (Lipinski definition) is 0. The van der Waals surface area contributed by atoms with E-state index >= 15 is 0 Å². The highest BCUT2D eigenvalue weighted by Crippen LogP contribution is 2.51. The molecule has 0 radical (unpaired) electrons. The summed E-state index contributed by atoms with van der Waals surface area (Å²) in [5, 5.41) is 0. The van der Waals surface area contributed by atoms with E-state index < -0.39 is 0 Å². The molecule has 0 spiro atoms. The van der Waals surface area contributed by atoms with Crippen molar-refractivity contribution in [3.63, 3.8) is 0 Å². The van der Waals surface area contributed by atoms with Gasteiger partial charge in [0.1, 0.15) is 5.75 Å². The van der Waals surface area contributed by atoms with Crippen molar-refractivity contribution in [3.05, 3.63) is 42.5 Å². The molecule has 2 aromatic rings. The Balaban J connectivity index is 2.12. The summed E-state index contributed by atoms with van der Waals surface area (Å²) in [5.41, 5.74) is 0. The van der Waals surface area contributed by atoms with Gasteiger partial charge in [-0.1, -0.05) is 41.7 Å². The second kappa shape index (κ2) is 4.07. The lowest BCUT2D eigenvalue weighted by Gasteiger charge is -2.19. The van der Waals surface area contributed by atoms with Crippen molar-refractivity contribution < 1.29 is 4.74 Å². The van der Waals surface area contributed by atoms with Crippen LogP contribution in [0.3, 0.4) is 0 Å². The van der Waals surface area contributed by atoms with Crippen LogP contribution in [-0.2, 0) is 0 Å². The molecular formula is C13H10OS2. The Kier molecular flexibility index (Phi) is 2.58. The molecular weight excluding hydrogens is 236 g/mol. The Labute approximate surface area is 103 Å². The maximum atomic E-state index is 5.39. The van der Waals surface area contributed by atoms with Crippen molar-refractivity contribution in [2.75, 3.05) is 7.11 Å². The molecule has 80 valence electrons. The minimum Gasteiger partial charge on any atom is -0.496 e. The van der Waals surface area contributed by atoms with E-state index in [1.165, 1.54) is 19.6 Å². The van der Waals surface area contributed by atoms with Crippen LogP contribution in [0.15, 0.2) is 62.0 Å². The van der Waals surface area contributed by atoms with Gasteiger partial charge in [0.05, 0.1) is 12.0 Å². The third-order valence-corrected chi connectivity index (χ3v) is 5.04. The lowest BCUT2D eigenvalue weighted by Crippen LogP contribution is -1.92. The second-order valence-corrected chi connectivity index (χ2v) is 5.57. The highest BCUT2D eigenvalue weighted by Gasteiger charge is 2.19. The first-order chi connectivity index (χ1) is 7.88. The fourth-order valence-corrected chi connectivity index (χ4v) is 4.03. The highest BCUT2D eigenvalue weighted by molar-refractivity contribution is 8.05. The molecule has 3 heteroatoms. The maximum Gasteiger partial charge on any atom is 0.133 e. The molecule has 0 amide bonds. The van der Waals surface area contributed by atoms with Gasteiger partial charge in [0.25, 0.3) is 0 Å². The fraction of sp³-hybridized carbons (Fsp3) is 0.0769. The van der Waals surface area contributed by atoms with Crippen LogP contribution in [0.4, 0.5) is 0 Å². The molecule has 0 aromatic heterocycles. The summed E-state index contributed by atoms with van der Waals surface area (Å²) in [6, 6.07) is 14.7. The Hall–Kier alpha value is -1.06. The zero-order valence-corrected chi connectivity index (χ0v) is 10.4. The van der Waals surface area contributed by atoms with Crippen molar-refractivity contribution in [2.24, 2.45) is 0 Å². The van der Waals surface area contributed by atoms with E-state index in [4.69, 9.17) is 4.74 Å². The van der Waals surface area contributed by atoms with Crippen LogP contribution in [0.2, 0.25) is 0 Å². The van der Waals surface area contributed by atoms with Gasteiger partial charge < -0.3 is 4.74 Å². The molecule has 0 saturated heterocycles. The van der Waals surface area contributed by atoms with Gasteiger partial charge >= 0.3 is 0 Å². The molecule has 1 aliphatic rings. The monoisotopic (exact) mass is 246 g/mol. The van der Waals surface area contributed by atoms with E-state index in [1.54, 1.807) is 18.9 Å². The predicted octanol–water partition coefficient (Wildman–Crippen LogP) is 4.31. The third kappa shape index (κ3) is 1.60. The van der Waals surface area contributed by atoms with E-state index in [9.17, 15) is 0 Å². The molecule has 0 aliphatic carbocycles. The average molecular weight is 246 g/mol. The quantitative estimate of drug-likeness (QED) is 0.633. The normalized spacial score (nSPS) is 12.8. The summed E-state index contributed by atoms with van der Waals surface area (Å²) in [5.74, 6) is 0.963. The predicted molar refractivity (Wildman–Crippen MR) is 67.7 cm³/mol. The second-order valence-electron chi connectivity index (χ2n) is 3.44. The van der Waals surface area contributed by atoms with Crippen LogP contribution in [0.5, 0.6) is 5.75 Å². The largest absolute Gasteiger partial charge is 0.496 e. The van der Waals surface area contributed by atoms with Gasteiger partial charge in [0.2, 0.25) is 0 Å². The van der Waals surface area contributed by atoms with Crippen molar-refractivity contribution in [1.29, 1.82) is 0 Å². The van der Waals surface area contributed by atoms with E-state index in [0.29, 0.717) is 0 Å². The van der Waals surface area contributed by atoms with Crippen molar-refractivity contribution >= 4 is 23.5 Å². The first kappa shape index (κ1) is 10.1. The van der Waals surface area contributed by atoms with E-state index in [2.05, 4.69) is 30.3 Å². The summed E-state index contributed by atoms with van der Waals surface area (Å²) in [6.07, 6.45) is 0. The smallest absolute Gasteiger partial charge is 0.133 e. The molecule has 0 saturated carbocycles. The molecule has 0 fully saturated rings. The summed E-state index contributed by atoms with van der Waals surface area (Å²) in [6.45, 7) is 0. The molecule has 0 N–H and O–H groups in total. The van der Waals surface area contributed by atoms with Crippen molar-refractivity contribution in [2.45, 2.75) is 19.6 Å². The molecule has 1 heterocycles. The van der Waals surface area contributed by atoms with Crippen LogP contribution in [0.1, 0.15) is 0 Å². The molecule has 0 unspecified atom stereocenters. The number of hydrogen-bond acceptors (Lipinski definition) is 3. The van der Waals surface area contributed by atoms with Gasteiger partial charge in [-0.05, 0) is 24.3 Å². The van der Waals surface area contributed by atoms with Gasteiger partial charge in [0.15, 0.2) is 0 Å². The minimum atomic E-state index is 0.963. The minimum absolute atomic E-state index is 0.963. The SMILES string of the molecule is COc1cccc2c1Sc1ccccc1S2. The van der Waals surface area contributed by atoms with Gasteiger partial charge in [-0.2, -0.15) is 0 Å². The van der Waals surface area contributed by atoms with Crippen LogP contribution in [-0.4, -0.2) is 7.11 Å². The zero-order valence-electron chi connectivity index (χ0n) is 8.77. The lowest BCUT2D eigenvalue weighted by molar-refractivity contribution is 0.402. The van der Waals surface area contributed by atoms with Crippen LogP contribution in [0.25, 0.3) is 0 Å². The Bertz CT molecular complexity index is 537. The fourth-order valence-electron chi connectivity index (χ4n) is 1.68. The highest BCUT2D eigenvalue weighted by atomic mass is 32.2. The third-order valence-electron chi connectivity index (χ3n) is 2.44. The van der Waals surface area contributed by atoms with Gasteiger partial charge in [-0.3, -0.25) is 0 Å². The van der Waals surface area contributed by atoms with Crippen molar-refractivity contribution in [3.8, 4) is 5.75 Å². The van der Waals surface area contributed by atoms with Crippen LogP contribution >= 0.6 is 23.5 Å². The summed E-state index contributed by atoms with van der Waals surface area (Å²) in [4.78, 5) is 5.15. The summed E-state index contributed by atoms with van der Waals surface area (Å²) in [7, 11) is 1.72. The van der Waals surface area contributed by atoms with Gasteiger partial charge in [-0.25, -0.2) is 0 Å². The van der Waals surface area contributed by atoms with Crippen molar-refractivity contribution in [1.82, 2.24) is 0 Å². The zero-order chi connectivity index (χ0) is 11.0. The van der Waals surface area contributed by atoms with Crippen LogP contribution in [0, 0.1) is 0 Å². The molecule has 2 aromatic carbocycles. The summed E-state index contributed by atoms with van der Waals surface area (Å²) < 4.78 is 5.39. The molecule has 16 heavy (non-hydrogen) atoms. The van der Waals surface area contributed by atoms with E-state index in [1.807, 2.05) is 23.9 Å². The maximum absolute atomic E-state index is 5.39. The standard InChI is InChI=1S/C13H10OS2/c1-14-9-5-4-8-12-13(9)16-11-7-3-2-6-10(11)15-12/h2-8H,1H3.